The van der Waals surface area contributed by atoms with Crippen molar-refractivity contribution in [1.82, 2.24) is 0 Å². The third-order valence-corrected chi connectivity index (χ3v) is 7.17. The number of rotatable bonds is 22. The minimum absolute atomic E-state index is 0. The van der Waals surface area contributed by atoms with Crippen molar-refractivity contribution >= 4 is 17.0 Å². The molecular formula is C27H58BrN. The monoisotopic (exact) mass is 475 g/mol. The molecule has 0 saturated carbocycles. The summed E-state index contributed by atoms with van der Waals surface area (Å²) in [6, 6.07) is 0.420. The van der Waals surface area contributed by atoms with Gasteiger partial charge >= 0.3 is 0 Å². The van der Waals surface area contributed by atoms with Crippen LogP contribution in [-0.2, 0) is 0 Å². The van der Waals surface area contributed by atoms with Gasteiger partial charge in [-0.2, -0.15) is 0 Å². The Bertz CT molecular complexity index is 297. The van der Waals surface area contributed by atoms with Crippen molar-refractivity contribution in [2.24, 2.45) is 11.1 Å². The van der Waals surface area contributed by atoms with Crippen LogP contribution in [-0.4, -0.2) is 6.04 Å². The summed E-state index contributed by atoms with van der Waals surface area (Å²) < 4.78 is 0. The topological polar surface area (TPSA) is 26.0 Å². The lowest BCUT2D eigenvalue weighted by atomic mass is 9.69. The Morgan fingerprint density at radius 1 is 0.517 bits per heavy atom. The SMILES string of the molecule is Br.CCCCCCCCCCCCCCCC(N)C(CC)(CCCC)CCCC. The first-order chi connectivity index (χ1) is 13.7. The van der Waals surface area contributed by atoms with Gasteiger partial charge in [0.1, 0.15) is 0 Å². The van der Waals surface area contributed by atoms with E-state index in [9.17, 15) is 0 Å². The lowest BCUT2D eigenvalue weighted by molar-refractivity contribution is 0.156. The van der Waals surface area contributed by atoms with Crippen molar-refractivity contribution in [2.75, 3.05) is 0 Å². The van der Waals surface area contributed by atoms with E-state index in [2.05, 4.69) is 27.7 Å². The molecule has 1 atom stereocenters. The zero-order chi connectivity index (χ0) is 20.9. The third-order valence-electron chi connectivity index (χ3n) is 7.17. The van der Waals surface area contributed by atoms with Gasteiger partial charge in [0.05, 0.1) is 0 Å². The van der Waals surface area contributed by atoms with Crippen LogP contribution in [0.3, 0.4) is 0 Å². The molecule has 0 aromatic carbocycles. The largest absolute Gasteiger partial charge is 0.327 e. The average molecular weight is 477 g/mol. The smallest absolute Gasteiger partial charge is 0.00954 e. The zero-order valence-corrected chi connectivity index (χ0v) is 22.6. The normalized spacial score (nSPS) is 12.7. The standard InChI is InChI=1S/C27H57N.BrH/c1-5-9-12-13-14-15-16-17-18-19-20-21-22-23-26(28)27(8-4,24-10-6-2)25-11-7-3;/h26H,5-25,28H2,1-4H3;1H. The predicted molar refractivity (Wildman–Crippen MR) is 140 cm³/mol. The Balaban J connectivity index is 0. The van der Waals surface area contributed by atoms with Crippen LogP contribution in [0.5, 0.6) is 0 Å². The highest BCUT2D eigenvalue weighted by atomic mass is 79.9. The number of unbranched alkanes of at least 4 members (excludes halogenated alkanes) is 14. The predicted octanol–water partition coefficient (Wildman–Crippen LogP) is 10.1. The molecule has 0 fully saturated rings. The van der Waals surface area contributed by atoms with Crippen LogP contribution in [0.15, 0.2) is 0 Å². The molecule has 0 aromatic heterocycles. The second-order valence-electron chi connectivity index (χ2n) is 9.56. The van der Waals surface area contributed by atoms with E-state index < -0.39 is 0 Å². The second-order valence-corrected chi connectivity index (χ2v) is 9.56. The third kappa shape index (κ3) is 16.8. The van der Waals surface area contributed by atoms with Crippen LogP contribution in [0, 0.1) is 5.41 Å². The Kier molecular flexibility index (Phi) is 25.2. The molecule has 0 saturated heterocycles. The molecule has 2 N–H and O–H groups in total. The molecule has 0 spiro atoms. The molecule has 178 valence electrons. The Morgan fingerprint density at radius 2 is 0.862 bits per heavy atom. The molecule has 0 radical (unpaired) electrons. The average Bonchev–Trinajstić information content (AvgIpc) is 2.71. The number of halogens is 1. The summed E-state index contributed by atoms with van der Waals surface area (Å²) >= 11 is 0. The van der Waals surface area contributed by atoms with Gasteiger partial charge in [-0.25, -0.2) is 0 Å². The van der Waals surface area contributed by atoms with E-state index in [1.807, 2.05) is 0 Å². The number of hydrogen-bond donors (Lipinski definition) is 1. The fourth-order valence-corrected chi connectivity index (χ4v) is 4.86. The zero-order valence-electron chi connectivity index (χ0n) is 20.9. The van der Waals surface area contributed by atoms with Crippen molar-refractivity contribution in [3.63, 3.8) is 0 Å². The summed E-state index contributed by atoms with van der Waals surface area (Å²) in [5.41, 5.74) is 7.20. The van der Waals surface area contributed by atoms with Crippen LogP contribution in [0.2, 0.25) is 0 Å². The van der Waals surface area contributed by atoms with E-state index in [1.54, 1.807) is 0 Å². The fraction of sp³-hybridized carbons (Fsp3) is 1.00. The van der Waals surface area contributed by atoms with Crippen LogP contribution < -0.4 is 5.73 Å². The number of hydrogen-bond acceptors (Lipinski definition) is 1. The maximum absolute atomic E-state index is 6.78. The molecule has 2 heteroatoms. The summed E-state index contributed by atoms with van der Waals surface area (Å²) in [4.78, 5) is 0. The molecule has 0 bridgehead atoms. The minimum Gasteiger partial charge on any atom is -0.327 e. The molecular weight excluding hydrogens is 418 g/mol. The van der Waals surface area contributed by atoms with Gasteiger partial charge in [-0.3, -0.25) is 0 Å². The molecule has 0 aliphatic carbocycles. The van der Waals surface area contributed by atoms with E-state index in [4.69, 9.17) is 5.73 Å². The highest BCUT2D eigenvalue weighted by molar-refractivity contribution is 8.93. The molecule has 1 nitrogen and oxygen atoms in total. The van der Waals surface area contributed by atoms with Gasteiger partial charge in [-0.15, -0.1) is 17.0 Å². The molecule has 0 heterocycles. The maximum atomic E-state index is 6.78. The van der Waals surface area contributed by atoms with Crippen molar-refractivity contribution in [3.8, 4) is 0 Å². The van der Waals surface area contributed by atoms with E-state index in [0.717, 1.165) is 0 Å². The van der Waals surface area contributed by atoms with Gasteiger partial charge in [0.2, 0.25) is 0 Å². The van der Waals surface area contributed by atoms with Gasteiger partial charge in [-0.05, 0) is 31.1 Å². The van der Waals surface area contributed by atoms with Crippen LogP contribution in [0.4, 0.5) is 0 Å². The summed E-state index contributed by atoms with van der Waals surface area (Å²) in [7, 11) is 0. The number of nitrogens with two attached hydrogens (primary N) is 1. The Morgan fingerprint density at radius 3 is 1.21 bits per heavy atom. The lowest BCUT2D eigenvalue weighted by Crippen LogP contribution is -2.41. The molecule has 0 aliphatic rings. The Hall–Kier alpha value is 0.440. The highest BCUT2D eigenvalue weighted by Crippen LogP contribution is 2.39. The first kappa shape index (κ1) is 31.6. The van der Waals surface area contributed by atoms with Gasteiger partial charge in [0.25, 0.3) is 0 Å². The first-order valence-corrected chi connectivity index (χ1v) is 13.4. The molecule has 0 aliphatic heterocycles. The van der Waals surface area contributed by atoms with E-state index in [0.29, 0.717) is 11.5 Å². The summed E-state index contributed by atoms with van der Waals surface area (Å²) in [5, 5.41) is 0. The van der Waals surface area contributed by atoms with Crippen molar-refractivity contribution in [3.05, 3.63) is 0 Å². The highest BCUT2D eigenvalue weighted by Gasteiger charge is 2.33. The van der Waals surface area contributed by atoms with Gasteiger partial charge in [0.15, 0.2) is 0 Å². The van der Waals surface area contributed by atoms with Crippen molar-refractivity contribution in [2.45, 2.75) is 169 Å². The van der Waals surface area contributed by atoms with Gasteiger partial charge in [-0.1, -0.05) is 137 Å². The summed E-state index contributed by atoms with van der Waals surface area (Å²) in [6.45, 7) is 9.32. The van der Waals surface area contributed by atoms with E-state index in [-0.39, 0.29) is 17.0 Å². The van der Waals surface area contributed by atoms with Crippen molar-refractivity contribution in [1.29, 1.82) is 0 Å². The van der Waals surface area contributed by atoms with E-state index >= 15 is 0 Å². The van der Waals surface area contributed by atoms with Crippen LogP contribution in [0.25, 0.3) is 0 Å². The molecule has 0 aromatic rings. The quantitative estimate of drug-likeness (QED) is 0.155. The minimum atomic E-state index is 0. The summed E-state index contributed by atoms with van der Waals surface area (Å²) in [5.74, 6) is 0. The summed E-state index contributed by atoms with van der Waals surface area (Å²) in [6.07, 6.45) is 29.1. The second kappa shape index (κ2) is 23.1. The lowest BCUT2D eigenvalue weighted by Gasteiger charge is -2.39. The Labute approximate surface area is 196 Å². The van der Waals surface area contributed by atoms with Crippen molar-refractivity contribution < 1.29 is 0 Å². The van der Waals surface area contributed by atoms with E-state index in [1.165, 1.54) is 135 Å². The van der Waals surface area contributed by atoms with Gasteiger partial charge < -0.3 is 5.73 Å². The molecule has 0 amide bonds. The molecule has 29 heavy (non-hydrogen) atoms. The first-order valence-electron chi connectivity index (χ1n) is 13.4. The van der Waals surface area contributed by atoms with Crippen LogP contribution >= 0.6 is 17.0 Å². The fourth-order valence-electron chi connectivity index (χ4n) is 4.86. The van der Waals surface area contributed by atoms with Crippen LogP contribution in [0.1, 0.15) is 163 Å². The molecule has 1 unspecified atom stereocenters. The van der Waals surface area contributed by atoms with Gasteiger partial charge in [0, 0.05) is 6.04 Å². The molecule has 0 rings (SSSR count). The maximum Gasteiger partial charge on any atom is 0.00954 e.